The van der Waals surface area contributed by atoms with Crippen LogP contribution in [0.15, 0.2) is 34.1 Å². The fraction of sp³-hybridized carbons (Fsp3) is 0.440. The number of rotatable bonds is 6. The van der Waals surface area contributed by atoms with Crippen molar-refractivity contribution < 1.29 is 9.59 Å². The molecule has 1 aliphatic rings. The smallest absolute Gasteiger partial charge is 0.254 e. The van der Waals surface area contributed by atoms with Gasteiger partial charge in [-0.15, -0.1) is 11.8 Å². The van der Waals surface area contributed by atoms with E-state index in [0.29, 0.717) is 35.7 Å². The SMILES string of the molecule is CSc1cc(C)[nH]c(=O)c1CNC(=O)c1c(C)n([C@H](C)C2CCC(=O)CC2)c2ncccc12. The zero-order chi connectivity index (χ0) is 23.7. The highest BCUT2D eigenvalue weighted by Gasteiger charge is 2.29. The normalized spacial score (nSPS) is 15.7. The number of hydrogen-bond acceptors (Lipinski definition) is 5. The molecule has 8 heteroatoms. The molecule has 0 unspecified atom stereocenters. The lowest BCUT2D eigenvalue weighted by molar-refractivity contribution is -0.121. The van der Waals surface area contributed by atoms with Gasteiger partial charge in [0.25, 0.3) is 11.5 Å². The number of Topliss-reactive ketones (excluding diaryl/α,β-unsaturated/α-hetero) is 1. The van der Waals surface area contributed by atoms with E-state index in [1.165, 1.54) is 11.8 Å². The van der Waals surface area contributed by atoms with Crippen molar-refractivity contribution in [1.82, 2.24) is 19.9 Å². The Morgan fingerprint density at radius 1 is 1.30 bits per heavy atom. The number of amides is 1. The molecule has 1 amide bonds. The van der Waals surface area contributed by atoms with Crippen LogP contribution in [0.1, 0.15) is 66.0 Å². The van der Waals surface area contributed by atoms with Crippen LogP contribution < -0.4 is 10.9 Å². The number of carbonyl (C=O) groups excluding carboxylic acids is 2. The molecule has 3 aromatic heterocycles. The van der Waals surface area contributed by atoms with Gasteiger partial charge in [0.1, 0.15) is 11.4 Å². The van der Waals surface area contributed by atoms with E-state index in [-0.39, 0.29) is 24.1 Å². The van der Waals surface area contributed by atoms with Crippen LogP contribution in [0.5, 0.6) is 0 Å². The Morgan fingerprint density at radius 3 is 2.73 bits per heavy atom. The Labute approximate surface area is 197 Å². The van der Waals surface area contributed by atoms with E-state index in [9.17, 15) is 14.4 Å². The monoisotopic (exact) mass is 466 g/mol. The topological polar surface area (TPSA) is 96.9 Å². The predicted molar refractivity (Wildman–Crippen MR) is 131 cm³/mol. The summed E-state index contributed by atoms with van der Waals surface area (Å²) >= 11 is 1.49. The van der Waals surface area contributed by atoms with Gasteiger partial charge in [-0.1, -0.05) is 0 Å². The van der Waals surface area contributed by atoms with Crippen molar-refractivity contribution in [2.75, 3.05) is 6.26 Å². The van der Waals surface area contributed by atoms with Crippen LogP contribution in [0.4, 0.5) is 0 Å². The van der Waals surface area contributed by atoms with Crippen molar-refractivity contribution in [3.63, 3.8) is 0 Å². The van der Waals surface area contributed by atoms with Crippen molar-refractivity contribution in [1.29, 1.82) is 0 Å². The first-order valence-corrected chi connectivity index (χ1v) is 12.6. The van der Waals surface area contributed by atoms with E-state index in [1.807, 2.05) is 38.3 Å². The minimum absolute atomic E-state index is 0.125. The third-order valence-corrected chi connectivity index (χ3v) is 7.59. The van der Waals surface area contributed by atoms with Crippen molar-refractivity contribution in [2.24, 2.45) is 5.92 Å². The lowest BCUT2D eigenvalue weighted by atomic mass is 9.84. The van der Waals surface area contributed by atoms with Gasteiger partial charge < -0.3 is 14.9 Å². The molecule has 7 nitrogen and oxygen atoms in total. The molecule has 0 aliphatic heterocycles. The van der Waals surface area contributed by atoms with E-state index in [0.717, 1.165) is 40.2 Å². The average Bonchev–Trinajstić information content (AvgIpc) is 3.09. The van der Waals surface area contributed by atoms with Crippen LogP contribution in [-0.2, 0) is 11.3 Å². The van der Waals surface area contributed by atoms with Gasteiger partial charge in [-0.25, -0.2) is 4.98 Å². The lowest BCUT2D eigenvalue weighted by Gasteiger charge is -2.29. The number of ketones is 1. The number of aromatic nitrogens is 3. The molecule has 0 saturated heterocycles. The zero-order valence-electron chi connectivity index (χ0n) is 19.5. The number of thioether (sulfide) groups is 1. The predicted octanol–water partition coefficient (Wildman–Crippen LogP) is 4.31. The summed E-state index contributed by atoms with van der Waals surface area (Å²) in [6, 6.07) is 5.80. The second-order valence-corrected chi connectivity index (χ2v) is 9.68. The Morgan fingerprint density at radius 2 is 2.03 bits per heavy atom. The third-order valence-electron chi connectivity index (χ3n) is 6.79. The average molecular weight is 467 g/mol. The number of H-pyrrole nitrogens is 1. The molecule has 2 N–H and O–H groups in total. The van der Waals surface area contributed by atoms with Gasteiger partial charge in [0, 0.05) is 58.9 Å². The standard InChI is InChI=1S/C25H30N4O3S/c1-14-12-21(33-4)20(24(31)28-14)13-27-25(32)22-16(3)29(23-19(22)6-5-11-26-23)15(2)17-7-9-18(30)10-8-17/h5-6,11-12,15,17H,7-10,13H2,1-4H3,(H,27,32)(H,28,31)/t15-/m1/s1. The van der Waals surface area contributed by atoms with Crippen molar-refractivity contribution in [3.05, 3.63) is 57.3 Å². The number of fused-ring (bicyclic) bond motifs is 1. The Balaban J connectivity index is 1.66. The summed E-state index contributed by atoms with van der Waals surface area (Å²) in [6.07, 6.45) is 6.63. The van der Waals surface area contributed by atoms with E-state index in [4.69, 9.17) is 0 Å². The molecule has 3 aromatic rings. The Kier molecular flexibility index (Phi) is 6.74. The van der Waals surface area contributed by atoms with Gasteiger partial charge in [-0.2, -0.15) is 0 Å². The first-order valence-electron chi connectivity index (χ1n) is 11.3. The fourth-order valence-corrected chi connectivity index (χ4v) is 5.70. The first kappa shape index (κ1) is 23.3. The number of aromatic amines is 1. The molecule has 1 aliphatic carbocycles. The molecule has 0 bridgehead atoms. The van der Waals surface area contributed by atoms with Crippen LogP contribution in [0.25, 0.3) is 11.0 Å². The highest BCUT2D eigenvalue weighted by molar-refractivity contribution is 7.98. The lowest BCUT2D eigenvalue weighted by Crippen LogP contribution is -2.28. The molecule has 174 valence electrons. The van der Waals surface area contributed by atoms with Crippen molar-refractivity contribution in [2.45, 2.75) is 63.9 Å². The quantitative estimate of drug-likeness (QED) is 0.528. The minimum atomic E-state index is -0.220. The Hall–Kier alpha value is -2.87. The molecule has 0 spiro atoms. The van der Waals surface area contributed by atoms with Gasteiger partial charge in [0.15, 0.2) is 0 Å². The summed E-state index contributed by atoms with van der Waals surface area (Å²) in [5.41, 5.74) is 3.40. The number of nitrogens with zero attached hydrogens (tertiary/aromatic N) is 2. The molecular weight excluding hydrogens is 436 g/mol. The maximum atomic E-state index is 13.4. The van der Waals surface area contributed by atoms with Crippen molar-refractivity contribution >= 4 is 34.5 Å². The molecule has 0 aromatic carbocycles. The summed E-state index contributed by atoms with van der Waals surface area (Å²) in [5.74, 6) is 0.480. The van der Waals surface area contributed by atoms with E-state index >= 15 is 0 Å². The van der Waals surface area contributed by atoms with Gasteiger partial charge in [0.05, 0.1) is 5.56 Å². The number of hydrogen-bond donors (Lipinski definition) is 2. The molecule has 1 saturated carbocycles. The highest BCUT2D eigenvalue weighted by atomic mass is 32.2. The number of nitrogens with one attached hydrogen (secondary N) is 2. The fourth-order valence-electron chi connectivity index (χ4n) is 4.99. The molecule has 1 fully saturated rings. The first-order chi connectivity index (χ1) is 15.8. The molecule has 3 heterocycles. The molecule has 1 atom stereocenters. The van der Waals surface area contributed by atoms with Gasteiger partial charge in [0.2, 0.25) is 0 Å². The highest BCUT2D eigenvalue weighted by Crippen LogP contribution is 2.36. The number of pyridine rings is 2. The molecular formula is C25H30N4O3S. The number of carbonyl (C=O) groups is 2. The van der Waals surface area contributed by atoms with Crippen molar-refractivity contribution in [3.8, 4) is 0 Å². The summed E-state index contributed by atoms with van der Waals surface area (Å²) in [6.45, 7) is 6.10. The summed E-state index contributed by atoms with van der Waals surface area (Å²) in [7, 11) is 0. The summed E-state index contributed by atoms with van der Waals surface area (Å²) in [5, 5.41) is 3.76. The number of aryl methyl sites for hydroxylation is 1. The second-order valence-electron chi connectivity index (χ2n) is 8.83. The van der Waals surface area contributed by atoms with Crippen LogP contribution in [-0.4, -0.2) is 32.5 Å². The third kappa shape index (κ3) is 4.49. The van der Waals surface area contributed by atoms with Crippen LogP contribution in [0.2, 0.25) is 0 Å². The van der Waals surface area contributed by atoms with Crippen LogP contribution >= 0.6 is 11.8 Å². The molecule has 0 radical (unpaired) electrons. The van der Waals surface area contributed by atoms with Crippen LogP contribution in [0, 0.1) is 19.8 Å². The van der Waals surface area contributed by atoms with E-state index in [2.05, 4.69) is 26.8 Å². The molecule has 33 heavy (non-hydrogen) atoms. The zero-order valence-corrected chi connectivity index (χ0v) is 20.3. The van der Waals surface area contributed by atoms with E-state index < -0.39 is 0 Å². The second kappa shape index (κ2) is 9.55. The Bertz CT molecular complexity index is 1270. The largest absolute Gasteiger partial charge is 0.348 e. The van der Waals surface area contributed by atoms with Crippen LogP contribution in [0.3, 0.4) is 0 Å². The van der Waals surface area contributed by atoms with Gasteiger partial charge in [-0.05, 0) is 64.0 Å². The summed E-state index contributed by atoms with van der Waals surface area (Å²) < 4.78 is 2.15. The maximum absolute atomic E-state index is 13.4. The van der Waals surface area contributed by atoms with Gasteiger partial charge in [-0.3, -0.25) is 14.4 Å². The molecule has 4 rings (SSSR count). The maximum Gasteiger partial charge on any atom is 0.254 e. The minimum Gasteiger partial charge on any atom is -0.348 e. The van der Waals surface area contributed by atoms with Gasteiger partial charge >= 0.3 is 0 Å². The van der Waals surface area contributed by atoms with E-state index in [1.54, 1.807) is 6.20 Å². The summed E-state index contributed by atoms with van der Waals surface area (Å²) in [4.78, 5) is 45.9.